The maximum atomic E-state index is 11.4. The normalized spacial score (nSPS) is 11.8. The molecule has 0 aromatic carbocycles. The van der Waals surface area contributed by atoms with Gasteiger partial charge in [-0.25, -0.2) is 4.79 Å². The molecule has 0 saturated carbocycles. The Morgan fingerprint density at radius 2 is 2.33 bits per heavy atom. The summed E-state index contributed by atoms with van der Waals surface area (Å²) in [5, 5.41) is 8.83. The Balaban J connectivity index is 3.03. The van der Waals surface area contributed by atoms with Gasteiger partial charge < -0.3 is 9.52 Å². The first-order valence-electron chi connectivity index (χ1n) is 4.30. The van der Waals surface area contributed by atoms with Crippen LogP contribution in [-0.4, -0.2) is 23.0 Å². The fraction of sp³-hybridized carbons (Fsp3) is 0.200. The number of carbonyl (C=O) groups excluding carboxylic acids is 1. The fourth-order valence-electron chi connectivity index (χ4n) is 1.11. The summed E-state index contributed by atoms with van der Waals surface area (Å²) in [6, 6.07) is 2.09. The summed E-state index contributed by atoms with van der Waals surface area (Å²) in [7, 11) is 0. The van der Waals surface area contributed by atoms with Gasteiger partial charge in [0.05, 0.1) is 6.26 Å². The van der Waals surface area contributed by atoms with Crippen LogP contribution in [-0.2, 0) is 9.59 Å². The summed E-state index contributed by atoms with van der Waals surface area (Å²) >= 11 is 0. The topological polar surface area (TPSA) is 70.8 Å². The van der Waals surface area contributed by atoms with E-state index in [4.69, 9.17) is 9.52 Å². The van der Waals surface area contributed by atoms with Gasteiger partial charge in [-0.15, -0.1) is 0 Å². The average Bonchev–Trinajstić information content (AvgIpc) is 2.70. The second-order valence-corrected chi connectivity index (χ2v) is 2.88. The third-order valence-electron chi connectivity index (χ3n) is 1.90. The number of carbonyl (C=O) groups is 2. The molecule has 5 nitrogen and oxygen atoms in total. The summed E-state index contributed by atoms with van der Waals surface area (Å²) in [5.74, 6) is -1.43. The molecule has 0 bridgehead atoms. The zero-order valence-corrected chi connectivity index (χ0v) is 8.21. The lowest BCUT2D eigenvalue weighted by Gasteiger charge is -2.22. The van der Waals surface area contributed by atoms with E-state index in [2.05, 4.69) is 6.58 Å². The van der Waals surface area contributed by atoms with E-state index in [-0.39, 0.29) is 5.88 Å². The molecule has 0 aliphatic rings. The Kier molecular flexibility index (Phi) is 3.28. The lowest BCUT2D eigenvalue weighted by molar-refractivity contribution is -0.139. The first kappa shape index (κ1) is 11.0. The minimum absolute atomic E-state index is 0.190. The van der Waals surface area contributed by atoms with E-state index in [0.29, 0.717) is 0 Å². The van der Waals surface area contributed by atoms with Crippen LogP contribution in [0.2, 0.25) is 0 Å². The molecular weight excluding hydrogens is 198 g/mol. The second-order valence-electron chi connectivity index (χ2n) is 2.88. The third-order valence-corrected chi connectivity index (χ3v) is 1.90. The zero-order valence-electron chi connectivity index (χ0n) is 8.21. The second kappa shape index (κ2) is 4.45. The van der Waals surface area contributed by atoms with Crippen molar-refractivity contribution in [1.82, 2.24) is 0 Å². The monoisotopic (exact) mass is 209 g/mol. The van der Waals surface area contributed by atoms with Crippen molar-refractivity contribution in [3.8, 4) is 0 Å². The van der Waals surface area contributed by atoms with Crippen molar-refractivity contribution in [3.05, 3.63) is 31.1 Å². The Labute approximate surface area is 86.6 Å². The van der Waals surface area contributed by atoms with E-state index in [1.165, 1.54) is 19.3 Å². The summed E-state index contributed by atoms with van der Waals surface area (Å²) in [5.41, 5.74) is 0. The van der Waals surface area contributed by atoms with Crippen LogP contribution in [0, 0.1) is 0 Å². The first-order chi connectivity index (χ1) is 7.07. The Morgan fingerprint density at radius 3 is 2.73 bits per heavy atom. The molecule has 1 atom stereocenters. The minimum Gasteiger partial charge on any atom is -0.480 e. The van der Waals surface area contributed by atoms with E-state index >= 15 is 0 Å². The van der Waals surface area contributed by atoms with Crippen LogP contribution in [0.3, 0.4) is 0 Å². The van der Waals surface area contributed by atoms with Gasteiger partial charge in [-0.3, -0.25) is 9.69 Å². The maximum absolute atomic E-state index is 11.4. The number of amides is 1. The van der Waals surface area contributed by atoms with Gasteiger partial charge in [-0.1, -0.05) is 6.58 Å². The number of hydrogen-bond acceptors (Lipinski definition) is 3. The number of nitrogens with zero attached hydrogens (tertiary/aromatic N) is 1. The molecule has 1 aromatic rings. The predicted molar refractivity (Wildman–Crippen MR) is 53.5 cm³/mol. The van der Waals surface area contributed by atoms with Gasteiger partial charge >= 0.3 is 5.97 Å². The van der Waals surface area contributed by atoms with Gasteiger partial charge in [-0.2, -0.15) is 0 Å². The van der Waals surface area contributed by atoms with Gasteiger partial charge in [0.2, 0.25) is 5.88 Å². The lowest BCUT2D eigenvalue weighted by atomic mass is 10.2. The molecular formula is C10H11NO4. The van der Waals surface area contributed by atoms with E-state index in [1.54, 1.807) is 6.07 Å². The third kappa shape index (κ3) is 2.25. The largest absolute Gasteiger partial charge is 0.480 e. The van der Waals surface area contributed by atoms with Gasteiger partial charge in [0.25, 0.3) is 5.91 Å². The number of rotatable bonds is 4. The molecule has 0 spiro atoms. The number of hydrogen-bond donors (Lipinski definition) is 1. The first-order valence-corrected chi connectivity index (χ1v) is 4.30. The molecule has 1 aromatic heterocycles. The van der Waals surface area contributed by atoms with Crippen LogP contribution in [0.25, 0.3) is 0 Å². The number of anilines is 1. The van der Waals surface area contributed by atoms with Gasteiger partial charge in [0, 0.05) is 6.07 Å². The zero-order chi connectivity index (χ0) is 11.4. The molecule has 0 saturated heterocycles. The summed E-state index contributed by atoms with van der Waals surface area (Å²) in [4.78, 5) is 23.3. The molecule has 15 heavy (non-hydrogen) atoms. The summed E-state index contributed by atoms with van der Waals surface area (Å²) < 4.78 is 4.98. The smallest absolute Gasteiger partial charge is 0.326 e. The molecule has 1 heterocycles. The molecule has 1 amide bonds. The van der Waals surface area contributed by atoms with Crippen LogP contribution >= 0.6 is 0 Å². The molecule has 1 rings (SSSR count). The highest BCUT2D eigenvalue weighted by molar-refractivity contribution is 6.03. The summed E-state index contributed by atoms with van der Waals surface area (Å²) in [6.07, 6.45) is 2.41. The Morgan fingerprint density at radius 1 is 1.67 bits per heavy atom. The fourth-order valence-corrected chi connectivity index (χ4v) is 1.11. The van der Waals surface area contributed by atoms with Crippen molar-refractivity contribution < 1.29 is 19.1 Å². The number of aliphatic carboxylic acids is 1. The van der Waals surface area contributed by atoms with Crippen molar-refractivity contribution in [3.63, 3.8) is 0 Å². The minimum atomic E-state index is -1.11. The van der Waals surface area contributed by atoms with Gasteiger partial charge in [0.1, 0.15) is 6.04 Å². The van der Waals surface area contributed by atoms with Crippen molar-refractivity contribution in [2.45, 2.75) is 13.0 Å². The Hall–Kier alpha value is -2.04. The van der Waals surface area contributed by atoms with Crippen LogP contribution in [0.5, 0.6) is 0 Å². The van der Waals surface area contributed by atoms with E-state index < -0.39 is 17.9 Å². The van der Waals surface area contributed by atoms with Crippen molar-refractivity contribution in [2.24, 2.45) is 0 Å². The van der Waals surface area contributed by atoms with E-state index in [1.807, 2.05) is 0 Å². The van der Waals surface area contributed by atoms with Crippen LogP contribution < -0.4 is 4.90 Å². The van der Waals surface area contributed by atoms with Crippen molar-refractivity contribution >= 4 is 17.8 Å². The average molecular weight is 209 g/mol. The maximum Gasteiger partial charge on any atom is 0.326 e. The predicted octanol–water partition coefficient (Wildman–Crippen LogP) is 1.27. The molecule has 1 N–H and O–H groups in total. The number of furan rings is 1. The molecule has 5 heteroatoms. The lowest BCUT2D eigenvalue weighted by Crippen LogP contribution is -2.42. The van der Waals surface area contributed by atoms with Crippen molar-refractivity contribution in [1.29, 1.82) is 0 Å². The number of carboxylic acids is 1. The molecule has 0 unspecified atom stereocenters. The molecule has 0 aliphatic carbocycles. The molecule has 0 aliphatic heterocycles. The summed E-state index contributed by atoms with van der Waals surface area (Å²) in [6.45, 7) is 4.70. The van der Waals surface area contributed by atoms with E-state index in [9.17, 15) is 9.59 Å². The number of carboxylic acid groups (broad SMARTS) is 1. The van der Waals surface area contributed by atoms with E-state index in [0.717, 1.165) is 11.0 Å². The molecule has 80 valence electrons. The highest BCUT2D eigenvalue weighted by atomic mass is 16.4. The standard InChI is InChI=1S/C10H11NO4/c1-3-8(12)11(7(2)10(13)14)9-5-4-6-15-9/h3-7H,1H2,2H3,(H,13,14)/t7-/m0/s1. The van der Waals surface area contributed by atoms with Crippen LogP contribution in [0.1, 0.15) is 6.92 Å². The Bertz CT molecular complexity index is 369. The highest BCUT2D eigenvalue weighted by Crippen LogP contribution is 2.18. The van der Waals surface area contributed by atoms with Gasteiger partial charge in [-0.05, 0) is 19.1 Å². The quantitative estimate of drug-likeness (QED) is 0.758. The van der Waals surface area contributed by atoms with Crippen LogP contribution in [0.4, 0.5) is 5.88 Å². The van der Waals surface area contributed by atoms with Crippen LogP contribution in [0.15, 0.2) is 35.5 Å². The SMILES string of the molecule is C=CC(=O)N(c1ccco1)[C@@H](C)C(=O)O. The highest BCUT2D eigenvalue weighted by Gasteiger charge is 2.27. The molecule has 0 fully saturated rings. The molecule has 0 radical (unpaired) electrons. The van der Waals surface area contributed by atoms with Crippen molar-refractivity contribution in [2.75, 3.05) is 4.90 Å². The van der Waals surface area contributed by atoms with Gasteiger partial charge in [0.15, 0.2) is 0 Å².